The smallest absolute Gasteiger partial charge is 0.249 e. The molecule has 4 nitrogen and oxygen atoms in total. The average molecular weight is 115 g/mol. The normalized spacial score (nSPS) is 34.0. The number of ether oxygens (including phenoxy) is 1. The molecule has 44 valence electrons. The van der Waals surface area contributed by atoms with Crippen molar-refractivity contribution in [3.8, 4) is 0 Å². The first kappa shape index (κ1) is 5.24. The first-order valence-electron chi connectivity index (χ1n) is 2.16. The van der Waals surface area contributed by atoms with Gasteiger partial charge in [0.05, 0.1) is 0 Å². The first-order valence-corrected chi connectivity index (χ1v) is 2.16. The molecule has 0 aromatic heterocycles. The summed E-state index contributed by atoms with van der Waals surface area (Å²) >= 11 is 0. The lowest BCUT2D eigenvalue weighted by molar-refractivity contribution is -0.119. The van der Waals surface area contributed by atoms with Gasteiger partial charge in [-0.15, -0.1) is 0 Å². The first-order chi connectivity index (χ1) is 3.75. The van der Waals surface area contributed by atoms with Gasteiger partial charge in [0.2, 0.25) is 5.91 Å². The van der Waals surface area contributed by atoms with Crippen molar-refractivity contribution in [2.75, 3.05) is 0 Å². The lowest BCUT2D eigenvalue weighted by Crippen LogP contribution is -2.19. The van der Waals surface area contributed by atoms with E-state index in [9.17, 15) is 9.59 Å². The van der Waals surface area contributed by atoms with Crippen LogP contribution in [0.3, 0.4) is 0 Å². The summed E-state index contributed by atoms with van der Waals surface area (Å²) in [6.45, 7) is 0. The van der Waals surface area contributed by atoms with Gasteiger partial charge in [-0.3, -0.25) is 4.79 Å². The molecular formula is C4H5NO3. The zero-order chi connectivity index (χ0) is 6.15. The molecule has 1 fully saturated rings. The molecule has 0 bridgehead atoms. The molecule has 0 spiro atoms. The highest BCUT2D eigenvalue weighted by Crippen LogP contribution is 2.17. The Morgan fingerprint density at radius 3 is 2.50 bits per heavy atom. The second kappa shape index (κ2) is 1.56. The van der Waals surface area contributed by atoms with Crippen molar-refractivity contribution in [1.82, 2.24) is 0 Å². The predicted molar refractivity (Wildman–Crippen MR) is 23.9 cm³/mol. The zero-order valence-electron chi connectivity index (χ0n) is 4.03. The fourth-order valence-electron chi connectivity index (χ4n) is 0.456. The number of aldehydes is 1. The van der Waals surface area contributed by atoms with Gasteiger partial charge in [-0.1, -0.05) is 0 Å². The van der Waals surface area contributed by atoms with Crippen LogP contribution in [0.15, 0.2) is 0 Å². The highest BCUT2D eigenvalue weighted by atomic mass is 16.6. The molecule has 2 unspecified atom stereocenters. The van der Waals surface area contributed by atoms with E-state index in [1.807, 2.05) is 0 Å². The maximum Gasteiger partial charge on any atom is 0.249 e. The molecule has 0 saturated carbocycles. The molecule has 1 aliphatic rings. The summed E-state index contributed by atoms with van der Waals surface area (Å²) in [5.74, 6) is -0.567. The number of amides is 1. The quantitative estimate of drug-likeness (QED) is 0.349. The van der Waals surface area contributed by atoms with Crippen LogP contribution < -0.4 is 5.73 Å². The molecule has 0 aromatic rings. The second-order valence-electron chi connectivity index (χ2n) is 1.56. The minimum Gasteiger partial charge on any atom is -0.367 e. The van der Waals surface area contributed by atoms with Crippen LogP contribution in [0.5, 0.6) is 0 Å². The van der Waals surface area contributed by atoms with Crippen LogP contribution in [0, 0.1) is 0 Å². The Hall–Kier alpha value is -0.900. The van der Waals surface area contributed by atoms with Crippen LogP contribution in [-0.4, -0.2) is 24.4 Å². The van der Waals surface area contributed by atoms with Crippen molar-refractivity contribution in [2.24, 2.45) is 5.73 Å². The molecule has 1 amide bonds. The summed E-state index contributed by atoms with van der Waals surface area (Å²) < 4.78 is 4.48. The van der Waals surface area contributed by atoms with E-state index in [2.05, 4.69) is 4.74 Å². The van der Waals surface area contributed by atoms with Gasteiger partial charge >= 0.3 is 0 Å². The maximum atomic E-state index is 10.1. The highest BCUT2D eigenvalue weighted by molar-refractivity contribution is 5.87. The van der Waals surface area contributed by atoms with Crippen LogP contribution in [-0.2, 0) is 14.3 Å². The SMILES string of the molecule is NC(=O)C1OC1C=O. The third kappa shape index (κ3) is 0.696. The highest BCUT2D eigenvalue weighted by Gasteiger charge is 2.43. The maximum absolute atomic E-state index is 10.1. The molecular weight excluding hydrogens is 110 g/mol. The molecule has 8 heavy (non-hydrogen) atoms. The largest absolute Gasteiger partial charge is 0.367 e. The van der Waals surface area contributed by atoms with Crippen LogP contribution in [0.25, 0.3) is 0 Å². The number of rotatable bonds is 2. The molecule has 0 aliphatic carbocycles. The average Bonchev–Trinajstić information content (AvgIpc) is 2.42. The number of hydrogen-bond donors (Lipinski definition) is 1. The van der Waals surface area contributed by atoms with E-state index in [-0.39, 0.29) is 0 Å². The summed E-state index contributed by atoms with van der Waals surface area (Å²) in [6, 6.07) is 0. The summed E-state index contributed by atoms with van der Waals surface area (Å²) in [4.78, 5) is 19.8. The van der Waals surface area contributed by atoms with Gasteiger partial charge in [-0.2, -0.15) is 0 Å². The predicted octanol–water partition coefficient (Wildman–Crippen LogP) is -1.56. The van der Waals surface area contributed by atoms with Gasteiger partial charge < -0.3 is 15.3 Å². The van der Waals surface area contributed by atoms with Crippen molar-refractivity contribution in [2.45, 2.75) is 12.2 Å². The summed E-state index contributed by atoms with van der Waals surface area (Å²) in [6.07, 6.45) is -0.643. The van der Waals surface area contributed by atoms with E-state index < -0.39 is 18.1 Å². The molecule has 1 heterocycles. The van der Waals surface area contributed by atoms with E-state index in [1.54, 1.807) is 0 Å². The number of carbonyl (C=O) groups is 2. The molecule has 1 rings (SSSR count). The zero-order valence-corrected chi connectivity index (χ0v) is 4.03. The molecule has 2 N–H and O–H groups in total. The van der Waals surface area contributed by atoms with Gasteiger partial charge in [0.1, 0.15) is 6.10 Å². The third-order valence-corrected chi connectivity index (χ3v) is 0.940. The summed E-state index contributed by atoms with van der Waals surface area (Å²) in [5.41, 5.74) is 4.74. The number of epoxide rings is 1. The van der Waals surface area contributed by atoms with Crippen molar-refractivity contribution in [1.29, 1.82) is 0 Å². The van der Waals surface area contributed by atoms with E-state index in [1.165, 1.54) is 0 Å². The van der Waals surface area contributed by atoms with Gasteiger partial charge in [0.25, 0.3) is 0 Å². The van der Waals surface area contributed by atoms with Crippen molar-refractivity contribution in [3.05, 3.63) is 0 Å². The number of carbonyl (C=O) groups excluding carboxylic acids is 2. The van der Waals surface area contributed by atoms with E-state index >= 15 is 0 Å². The van der Waals surface area contributed by atoms with Crippen molar-refractivity contribution >= 4 is 12.2 Å². The van der Waals surface area contributed by atoms with E-state index in [0.717, 1.165) is 0 Å². The van der Waals surface area contributed by atoms with Crippen LogP contribution in [0.1, 0.15) is 0 Å². The van der Waals surface area contributed by atoms with E-state index in [0.29, 0.717) is 6.29 Å². The van der Waals surface area contributed by atoms with Crippen molar-refractivity contribution < 1.29 is 14.3 Å². The Morgan fingerprint density at radius 2 is 2.38 bits per heavy atom. The Kier molecular flexibility index (Phi) is 1.02. The standard InChI is InChI=1S/C4H5NO3/c5-4(7)3-2(1-6)8-3/h1-3H,(H2,5,7). The molecule has 0 aromatic carbocycles. The van der Waals surface area contributed by atoms with Gasteiger partial charge in [0.15, 0.2) is 12.4 Å². The number of nitrogens with two attached hydrogens (primary N) is 1. The minimum absolute atomic E-state index is 0.563. The lowest BCUT2D eigenvalue weighted by atomic mass is 10.3. The van der Waals surface area contributed by atoms with Crippen LogP contribution in [0.2, 0.25) is 0 Å². The monoisotopic (exact) mass is 115 g/mol. The van der Waals surface area contributed by atoms with Crippen LogP contribution >= 0.6 is 0 Å². The third-order valence-electron chi connectivity index (χ3n) is 0.940. The molecule has 2 atom stereocenters. The molecule has 1 saturated heterocycles. The van der Waals surface area contributed by atoms with Gasteiger partial charge in [-0.05, 0) is 0 Å². The number of primary amides is 1. The lowest BCUT2D eigenvalue weighted by Gasteiger charge is -1.75. The number of hydrogen-bond acceptors (Lipinski definition) is 3. The summed E-state index contributed by atoms with van der Waals surface area (Å²) in [7, 11) is 0. The fraction of sp³-hybridized carbons (Fsp3) is 0.500. The Balaban J connectivity index is 2.36. The Morgan fingerprint density at radius 1 is 1.75 bits per heavy atom. The molecule has 4 heteroatoms. The second-order valence-corrected chi connectivity index (χ2v) is 1.56. The van der Waals surface area contributed by atoms with Gasteiger partial charge in [-0.25, -0.2) is 0 Å². The summed E-state index contributed by atoms with van der Waals surface area (Å²) in [5, 5.41) is 0. The topological polar surface area (TPSA) is 72.7 Å². The fourth-order valence-corrected chi connectivity index (χ4v) is 0.456. The minimum atomic E-state index is -0.646. The Bertz CT molecular complexity index is 133. The van der Waals surface area contributed by atoms with Crippen LogP contribution in [0.4, 0.5) is 0 Å². The molecule has 0 radical (unpaired) electrons. The molecule has 1 aliphatic heterocycles. The Labute approximate surface area is 45.6 Å². The van der Waals surface area contributed by atoms with Crippen molar-refractivity contribution in [3.63, 3.8) is 0 Å². The van der Waals surface area contributed by atoms with Gasteiger partial charge in [0, 0.05) is 0 Å². The van der Waals surface area contributed by atoms with E-state index in [4.69, 9.17) is 5.73 Å².